The third-order valence-corrected chi connectivity index (χ3v) is 5.91. The molecule has 0 fully saturated rings. The van der Waals surface area contributed by atoms with E-state index in [4.69, 9.17) is 16.0 Å². The van der Waals surface area contributed by atoms with Crippen molar-refractivity contribution in [1.29, 1.82) is 0 Å². The van der Waals surface area contributed by atoms with Crippen LogP contribution in [0.25, 0.3) is 23.2 Å². The number of hydrogen-bond acceptors (Lipinski definition) is 6. The lowest BCUT2D eigenvalue weighted by atomic mass is 10.1. The van der Waals surface area contributed by atoms with E-state index in [-0.39, 0.29) is 11.7 Å². The molecule has 4 rings (SSSR count). The number of furan rings is 1. The van der Waals surface area contributed by atoms with Crippen molar-refractivity contribution < 1.29 is 9.21 Å². The second-order valence-corrected chi connectivity index (χ2v) is 8.85. The maximum Gasteiger partial charge on any atom is 0.250 e. The van der Waals surface area contributed by atoms with Crippen LogP contribution in [0.1, 0.15) is 18.2 Å². The number of thioether (sulfide) groups is 1. The molecule has 4 aromatic rings. The molecule has 9 heteroatoms. The van der Waals surface area contributed by atoms with Crippen molar-refractivity contribution in [2.75, 3.05) is 5.75 Å². The standard InChI is InChI=1S/C25H22ClN5O2S/c1-17-5-7-19(8-6-17)24-29-30-25(31(24)21-11-9-20(26)10-12-21)34-16-23(32)28-27-15-18(2)14-22-4-3-13-33-22/h3-15H,16H2,1-2H3,(H,28,32)/b18-14+,27-15+. The van der Waals surface area contributed by atoms with Crippen LogP contribution in [0, 0.1) is 6.92 Å². The number of benzene rings is 2. The van der Waals surface area contributed by atoms with Gasteiger partial charge in [-0.25, -0.2) is 5.43 Å². The Kier molecular flexibility index (Phi) is 7.61. The smallest absolute Gasteiger partial charge is 0.250 e. The van der Waals surface area contributed by atoms with Gasteiger partial charge in [0.1, 0.15) is 5.76 Å². The zero-order chi connectivity index (χ0) is 23.9. The predicted molar refractivity (Wildman–Crippen MR) is 136 cm³/mol. The van der Waals surface area contributed by atoms with Crippen molar-refractivity contribution in [2.45, 2.75) is 19.0 Å². The molecule has 0 saturated heterocycles. The molecule has 0 radical (unpaired) electrons. The molecule has 0 aliphatic rings. The van der Waals surface area contributed by atoms with Crippen LogP contribution in [0.15, 0.2) is 87.2 Å². The SMILES string of the molecule is CC(/C=N/NC(=O)CSc1nnc(-c2ccc(C)cc2)n1-c1ccc(Cl)cc1)=C\c1ccco1. The summed E-state index contributed by atoms with van der Waals surface area (Å²) < 4.78 is 7.18. The quantitative estimate of drug-likeness (QED) is 0.191. The van der Waals surface area contributed by atoms with E-state index >= 15 is 0 Å². The minimum absolute atomic E-state index is 0.123. The number of aryl methyl sites for hydroxylation is 1. The van der Waals surface area contributed by atoms with Gasteiger partial charge < -0.3 is 4.42 Å². The summed E-state index contributed by atoms with van der Waals surface area (Å²) in [7, 11) is 0. The number of hydrazone groups is 1. The summed E-state index contributed by atoms with van der Waals surface area (Å²) in [5.41, 5.74) is 6.31. The molecule has 34 heavy (non-hydrogen) atoms. The molecule has 2 aromatic heterocycles. The van der Waals surface area contributed by atoms with Gasteiger partial charge in [-0.2, -0.15) is 5.10 Å². The first-order chi connectivity index (χ1) is 16.5. The van der Waals surface area contributed by atoms with Gasteiger partial charge in [0.15, 0.2) is 11.0 Å². The second-order valence-electron chi connectivity index (χ2n) is 7.47. The van der Waals surface area contributed by atoms with E-state index in [9.17, 15) is 4.79 Å². The maximum atomic E-state index is 12.4. The largest absolute Gasteiger partial charge is 0.465 e. The highest BCUT2D eigenvalue weighted by atomic mass is 35.5. The monoisotopic (exact) mass is 491 g/mol. The van der Waals surface area contributed by atoms with Gasteiger partial charge in [0.05, 0.1) is 18.2 Å². The molecule has 0 bridgehead atoms. The average Bonchev–Trinajstić information content (AvgIpc) is 3.49. The maximum absolute atomic E-state index is 12.4. The van der Waals surface area contributed by atoms with E-state index in [0.717, 1.165) is 28.1 Å². The molecule has 0 aliphatic heterocycles. The summed E-state index contributed by atoms with van der Waals surface area (Å²) in [6.07, 6.45) is 4.99. The molecule has 2 heterocycles. The van der Waals surface area contributed by atoms with Gasteiger partial charge in [0.25, 0.3) is 5.91 Å². The Morgan fingerprint density at radius 2 is 1.91 bits per heavy atom. The number of nitrogens with zero attached hydrogens (tertiary/aromatic N) is 4. The molecular formula is C25H22ClN5O2S. The first kappa shape index (κ1) is 23.5. The zero-order valence-corrected chi connectivity index (χ0v) is 20.2. The van der Waals surface area contributed by atoms with Gasteiger partial charge in [-0.1, -0.05) is 53.2 Å². The molecule has 2 aromatic carbocycles. The van der Waals surface area contributed by atoms with Crippen molar-refractivity contribution in [3.63, 3.8) is 0 Å². The number of amides is 1. The lowest BCUT2D eigenvalue weighted by Gasteiger charge is -2.10. The fourth-order valence-electron chi connectivity index (χ4n) is 3.08. The summed E-state index contributed by atoms with van der Waals surface area (Å²) in [5.74, 6) is 1.27. The fraction of sp³-hybridized carbons (Fsp3) is 0.120. The lowest BCUT2D eigenvalue weighted by molar-refractivity contribution is -0.118. The molecule has 7 nitrogen and oxygen atoms in total. The van der Waals surface area contributed by atoms with Crippen LogP contribution < -0.4 is 5.43 Å². The van der Waals surface area contributed by atoms with Gasteiger partial charge in [-0.3, -0.25) is 9.36 Å². The van der Waals surface area contributed by atoms with Gasteiger partial charge in [0.2, 0.25) is 0 Å². The normalized spacial score (nSPS) is 11.8. The fourth-order valence-corrected chi connectivity index (χ4v) is 3.95. The molecule has 0 unspecified atom stereocenters. The number of aromatic nitrogens is 3. The molecule has 1 amide bonds. The van der Waals surface area contributed by atoms with E-state index in [2.05, 4.69) is 20.7 Å². The molecule has 0 aliphatic carbocycles. The van der Waals surface area contributed by atoms with Crippen LogP contribution in [0.5, 0.6) is 0 Å². The van der Waals surface area contributed by atoms with Crippen molar-refractivity contribution in [3.8, 4) is 17.1 Å². The summed E-state index contributed by atoms with van der Waals surface area (Å²) in [6.45, 7) is 3.90. The molecule has 0 spiro atoms. The number of halogens is 1. The number of rotatable bonds is 8. The molecular weight excluding hydrogens is 470 g/mol. The van der Waals surface area contributed by atoms with E-state index in [1.54, 1.807) is 12.5 Å². The Hall–Kier alpha value is -3.62. The number of nitrogens with one attached hydrogen (secondary N) is 1. The number of carbonyl (C=O) groups excluding carboxylic acids is 1. The average molecular weight is 492 g/mol. The highest BCUT2D eigenvalue weighted by Crippen LogP contribution is 2.28. The topological polar surface area (TPSA) is 85.3 Å². The second kappa shape index (κ2) is 11.0. The van der Waals surface area contributed by atoms with Crippen LogP contribution in [-0.2, 0) is 4.79 Å². The summed E-state index contributed by atoms with van der Waals surface area (Å²) in [6, 6.07) is 19.1. The predicted octanol–water partition coefficient (Wildman–Crippen LogP) is 5.79. The van der Waals surface area contributed by atoms with Gasteiger partial charge >= 0.3 is 0 Å². The van der Waals surface area contributed by atoms with Crippen LogP contribution >= 0.6 is 23.4 Å². The minimum atomic E-state index is -0.255. The number of hydrogen-bond donors (Lipinski definition) is 1. The van der Waals surface area contributed by atoms with E-state index in [0.29, 0.717) is 16.0 Å². The zero-order valence-electron chi connectivity index (χ0n) is 18.6. The van der Waals surface area contributed by atoms with Crippen molar-refractivity contribution >= 4 is 41.6 Å². The van der Waals surface area contributed by atoms with Gasteiger partial charge in [-0.15, -0.1) is 10.2 Å². The van der Waals surface area contributed by atoms with E-state index in [1.165, 1.54) is 11.8 Å². The lowest BCUT2D eigenvalue weighted by Crippen LogP contribution is -2.20. The van der Waals surface area contributed by atoms with Gasteiger partial charge in [0, 0.05) is 16.3 Å². The highest BCUT2D eigenvalue weighted by molar-refractivity contribution is 7.99. The van der Waals surface area contributed by atoms with Gasteiger partial charge in [-0.05, 0) is 61.9 Å². The van der Waals surface area contributed by atoms with E-state index in [1.807, 2.05) is 85.2 Å². The Bertz CT molecular complexity index is 1310. The Morgan fingerprint density at radius 3 is 2.62 bits per heavy atom. The minimum Gasteiger partial charge on any atom is -0.465 e. The Labute approximate surface area is 206 Å². The van der Waals surface area contributed by atoms with E-state index < -0.39 is 0 Å². The summed E-state index contributed by atoms with van der Waals surface area (Å²) in [5, 5.41) is 14.0. The van der Waals surface area contributed by atoms with Crippen molar-refractivity contribution in [1.82, 2.24) is 20.2 Å². The first-order valence-electron chi connectivity index (χ1n) is 10.4. The Morgan fingerprint density at radius 1 is 1.15 bits per heavy atom. The van der Waals surface area contributed by atoms with Crippen LogP contribution in [0.4, 0.5) is 0 Å². The summed E-state index contributed by atoms with van der Waals surface area (Å²) in [4.78, 5) is 12.4. The summed E-state index contributed by atoms with van der Waals surface area (Å²) >= 11 is 7.35. The third kappa shape index (κ3) is 6.03. The van der Waals surface area contributed by atoms with Crippen LogP contribution in [0.3, 0.4) is 0 Å². The van der Waals surface area contributed by atoms with Crippen molar-refractivity contribution in [2.24, 2.45) is 5.10 Å². The molecule has 0 saturated carbocycles. The number of carbonyl (C=O) groups is 1. The molecule has 172 valence electrons. The van der Waals surface area contributed by atoms with Crippen LogP contribution in [-0.4, -0.2) is 32.6 Å². The third-order valence-electron chi connectivity index (χ3n) is 4.73. The Balaban J connectivity index is 1.48. The van der Waals surface area contributed by atoms with Crippen molar-refractivity contribution in [3.05, 3.63) is 88.8 Å². The molecule has 1 N–H and O–H groups in total. The first-order valence-corrected chi connectivity index (χ1v) is 11.8. The highest BCUT2D eigenvalue weighted by Gasteiger charge is 2.17. The van der Waals surface area contributed by atoms with Crippen LogP contribution in [0.2, 0.25) is 5.02 Å². The number of allylic oxidation sites excluding steroid dienone is 1. The molecule has 0 atom stereocenters.